The van der Waals surface area contributed by atoms with Crippen LogP contribution in [0.2, 0.25) is 10.0 Å². The van der Waals surface area contributed by atoms with Crippen molar-refractivity contribution in [1.29, 1.82) is 0 Å². The molecule has 34 heavy (non-hydrogen) atoms. The van der Waals surface area contributed by atoms with Crippen molar-refractivity contribution < 1.29 is 14.3 Å². The van der Waals surface area contributed by atoms with Crippen molar-refractivity contribution in [3.63, 3.8) is 0 Å². The van der Waals surface area contributed by atoms with Crippen LogP contribution in [0.25, 0.3) is 0 Å². The van der Waals surface area contributed by atoms with Gasteiger partial charge >= 0.3 is 0 Å². The molecule has 1 aliphatic carbocycles. The van der Waals surface area contributed by atoms with Gasteiger partial charge in [-0.3, -0.25) is 9.59 Å². The molecular formula is C27H34Cl2N2O3. The van der Waals surface area contributed by atoms with Gasteiger partial charge in [0, 0.05) is 28.2 Å². The smallest absolute Gasteiger partial charge is 0.261 e. The van der Waals surface area contributed by atoms with Crippen molar-refractivity contribution in [2.45, 2.75) is 78.4 Å². The van der Waals surface area contributed by atoms with E-state index in [1.54, 1.807) is 23.1 Å². The second-order valence-electron chi connectivity index (χ2n) is 9.13. The van der Waals surface area contributed by atoms with Crippen LogP contribution >= 0.6 is 23.2 Å². The van der Waals surface area contributed by atoms with Crippen LogP contribution < -0.4 is 10.1 Å². The van der Waals surface area contributed by atoms with Crippen LogP contribution in [0.3, 0.4) is 0 Å². The van der Waals surface area contributed by atoms with Gasteiger partial charge in [0.2, 0.25) is 5.91 Å². The molecule has 1 saturated carbocycles. The Labute approximate surface area is 212 Å². The highest BCUT2D eigenvalue weighted by atomic mass is 35.5. The van der Waals surface area contributed by atoms with Crippen molar-refractivity contribution in [3.05, 3.63) is 62.6 Å². The Balaban J connectivity index is 1.85. The van der Waals surface area contributed by atoms with E-state index in [1.165, 1.54) is 0 Å². The number of nitrogens with zero attached hydrogens (tertiary/aromatic N) is 1. The number of hydrogen-bond acceptors (Lipinski definition) is 3. The van der Waals surface area contributed by atoms with Gasteiger partial charge in [0.15, 0.2) is 6.61 Å². The lowest BCUT2D eigenvalue weighted by atomic mass is 10.1. The summed E-state index contributed by atoms with van der Waals surface area (Å²) in [5.41, 5.74) is 3.77. The number of rotatable bonds is 9. The highest BCUT2D eigenvalue weighted by molar-refractivity contribution is 6.36. The number of aryl methyl sites for hydroxylation is 2. The van der Waals surface area contributed by atoms with Crippen LogP contribution in [-0.4, -0.2) is 35.4 Å². The molecule has 2 aromatic rings. The summed E-state index contributed by atoms with van der Waals surface area (Å²) < 4.78 is 5.96. The first-order chi connectivity index (χ1) is 16.2. The predicted molar refractivity (Wildman–Crippen MR) is 138 cm³/mol. The summed E-state index contributed by atoms with van der Waals surface area (Å²) in [7, 11) is 0. The van der Waals surface area contributed by atoms with Crippen LogP contribution in [-0.2, 0) is 16.1 Å². The molecule has 0 radical (unpaired) electrons. The zero-order valence-corrected chi connectivity index (χ0v) is 21.9. The Morgan fingerprint density at radius 1 is 1.12 bits per heavy atom. The molecule has 3 rings (SSSR count). The standard InChI is InChI=1S/C27H34Cl2N2O3/c1-5-24(27(33)30-20-9-6-7-10-20)31(15-21-22(28)11-8-12-23(21)29)26(32)16-34-25-14-17(2)13-18(3)19(25)4/h8,11-14,20,24H,5-7,9-10,15-16H2,1-4H3,(H,30,33)/t24-/m0/s1. The molecule has 0 heterocycles. The van der Waals surface area contributed by atoms with Gasteiger partial charge < -0.3 is 15.0 Å². The number of hydrogen-bond donors (Lipinski definition) is 1. The second-order valence-corrected chi connectivity index (χ2v) is 9.94. The Kier molecular flexibility index (Phi) is 9.26. The molecule has 1 fully saturated rings. The van der Waals surface area contributed by atoms with Gasteiger partial charge in [-0.1, -0.05) is 55.1 Å². The fourth-order valence-electron chi connectivity index (χ4n) is 4.51. The molecule has 2 amide bonds. The summed E-state index contributed by atoms with van der Waals surface area (Å²) in [6.45, 7) is 7.83. The third-order valence-electron chi connectivity index (χ3n) is 6.59. The minimum atomic E-state index is -0.649. The zero-order chi connectivity index (χ0) is 24.8. The average Bonchev–Trinajstić information content (AvgIpc) is 3.29. The van der Waals surface area contributed by atoms with Crippen LogP contribution in [0.5, 0.6) is 5.75 Å². The molecule has 1 atom stereocenters. The molecule has 0 unspecified atom stereocenters. The largest absolute Gasteiger partial charge is 0.483 e. The normalized spacial score (nSPS) is 14.6. The summed E-state index contributed by atoms with van der Waals surface area (Å²) in [5.74, 6) is 0.238. The third kappa shape index (κ3) is 6.45. The van der Waals surface area contributed by atoms with E-state index in [0.717, 1.165) is 42.4 Å². The Hall–Kier alpha value is -2.24. The van der Waals surface area contributed by atoms with Crippen LogP contribution in [0.4, 0.5) is 0 Å². The zero-order valence-electron chi connectivity index (χ0n) is 20.4. The minimum absolute atomic E-state index is 0.128. The van der Waals surface area contributed by atoms with E-state index in [4.69, 9.17) is 27.9 Å². The van der Waals surface area contributed by atoms with Crippen molar-refractivity contribution in [2.24, 2.45) is 0 Å². The Morgan fingerprint density at radius 3 is 2.38 bits per heavy atom. The second kappa shape index (κ2) is 11.9. The summed E-state index contributed by atoms with van der Waals surface area (Å²) in [6.07, 6.45) is 4.64. The summed E-state index contributed by atoms with van der Waals surface area (Å²) >= 11 is 12.8. The topological polar surface area (TPSA) is 58.6 Å². The molecule has 1 N–H and O–H groups in total. The first-order valence-corrected chi connectivity index (χ1v) is 12.7. The summed E-state index contributed by atoms with van der Waals surface area (Å²) in [4.78, 5) is 28.3. The number of amides is 2. The molecule has 2 aromatic carbocycles. The molecule has 0 spiro atoms. The molecule has 5 nitrogen and oxygen atoms in total. The third-order valence-corrected chi connectivity index (χ3v) is 7.30. The first kappa shape index (κ1) is 26.4. The maximum absolute atomic E-state index is 13.5. The Morgan fingerprint density at radius 2 is 1.76 bits per heavy atom. The van der Waals surface area contributed by atoms with Crippen molar-refractivity contribution in [2.75, 3.05) is 6.61 Å². The van der Waals surface area contributed by atoms with E-state index in [-0.39, 0.29) is 31.0 Å². The number of carbonyl (C=O) groups is 2. The number of nitrogens with one attached hydrogen (secondary N) is 1. The van der Waals surface area contributed by atoms with E-state index in [9.17, 15) is 9.59 Å². The average molecular weight is 505 g/mol. The highest BCUT2D eigenvalue weighted by Crippen LogP contribution is 2.28. The van der Waals surface area contributed by atoms with Crippen LogP contribution in [0, 0.1) is 20.8 Å². The monoisotopic (exact) mass is 504 g/mol. The van der Waals surface area contributed by atoms with Crippen LogP contribution in [0.15, 0.2) is 30.3 Å². The predicted octanol–water partition coefficient (Wildman–Crippen LogP) is 6.16. The van der Waals surface area contributed by atoms with Crippen LogP contribution in [0.1, 0.15) is 61.3 Å². The van der Waals surface area contributed by atoms with Gasteiger partial charge in [-0.15, -0.1) is 0 Å². The van der Waals surface area contributed by atoms with Gasteiger partial charge in [-0.05, 0) is 74.9 Å². The van der Waals surface area contributed by atoms with Gasteiger partial charge in [0.1, 0.15) is 11.8 Å². The lowest BCUT2D eigenvalue weighted by Gasteiger charge is -2.32. The number of benzene rings is 2. The fourth-order valence-corrected chi connectivity index (χ4v) is 5.03. The molecule has 0 aromatic heterocycles. The maximum Gasteiger partial charge on any atom is 0.261 e. The minimum Gasteiger partial charge on any atom is -0.483 e. The first-order valence-electron chi connectivity index (χ1n) is 11.9. The fraction of sp³-hybridized carbons (Fsp3) is 0.481. The van der Waals surface area contributed by atoms with E-state index >= 15 is 0 Å². The van der Waals surface area contributed by atoms with Gasteiger partial charge in [0.25, 0.3) is 5.91 Å². The van der Waals surface area contributed by atoms with Crippen molar-refractivity contribution >= 4 is 35.0 Å². The van der Waals surface area contributed by atoms with Crippen molar-refractivity contribution in [3.8, 4) is 5.75 Å². The number of ether oxygens (including phenoxy) is 1. The highest BCUT2D eigenvalue weighted by Gasteiger charge is 2.31. The summed E-state index contributed by atoms with van der Waals surface area (Å²) in [6, 6.07) is 8.75. The quantitative estimate of drug-likeness (QED) is 0.444. The molecule has 0 aliphatic heterocycles. The lowest BCUT2D eigenvalue weighted by Crippen LogP contribution is -2.52. The molecule has 184 valence electrons. The molecule has 0 bridgehead atoms. The number of carbonyl (C=O) groups excluding carboxylic acids is 2. The van der Waals surface area contributed by atoms with Gasteiger partial charge in [0.05, 0.1) is 0 Å². The molecular weight excluding hydrogens is 471 g/mol. The van der Waals surface area contributed by atoms with E-state index in [2.05, 4.69) is 11.4 Å². The van der Waals surface area contributed by atoms with E-state index in [1.807, 2.05) is 33.8 Å². The lowest BCUT2D eigenvalue weighted by molar-refractivity contribution is -0.143. The summed E-state index contributed by atoms with van der Waals surface area (Å²) in [5, 5.41) is 4.06. The molecule has 0 saturated heterocycles. The number of halogens is 2. The van der Waals surface area contributed by atoms with E-state index in [0.29, 0.717) is 27.8 Å². The molecule has 7 heteroatoms. The SMILES string of the molecule is CC[C@@H](C(=O)NC1CCCC1)N(Cc1c(Cl)cccc1Cl)C(=O)COc1cc(C)cc(C)c1C. The van der Waals surface area contributed by atoms with E-state index < -0.39 is 6.04 Å². The van der Waals surface area contributed by atoms with Gasteiger partial charge in [-0.25, -0.2) is 0 Å². The maximum atomic E-state index is 13.5. The van der Waals surface area contributed by atoms with Gasteiger partial charge in [-0.2, -0.15) is 0 Å². The van der Waals surface area contributed by atoms with Crippen molar-refractivity contribution in [1.82, 2.24) is 10.2 Å². The Bertz CT molecular complexity index is 1010. The molecule has 1 aliphatic rings.